The third kappa shape index (κ3) is 5.10. The Labute approximate surface area is 168 Å². The van der Waals surface area contributed by atoms with E-state index in [0.29, 0.717) is 11.4 Å². The van der Waals surface area contributed by atoms with Gasteiger partial charge in [-0.05, 0) is 30.7 Å². The maximum atomic E-state index is 12.3. The van der Waals surface area contributed by atoms with Crippen LogP contribution >= 0.6 is 11.8 Å². The number of unbranched alkanes of at least 4 members (excludes halogenated alkanes) is 1. The number of carbonyl (C=O) groups excluding carboxylic acids is 1. The maximum absolute atomic E-state index is 12.3. The number of aromatic nitrogens is 4. The summed E-state index contributed by atoms with van der Waals surface area (Å²) in [6.45, 7) is 2.94. The summed E-state index contributed by atoms with van der Waals surface area (Å²) in [4.78, 5) is 16.5. The van der Waals surface area contributed by atoms with Crippen molar-refractivity contribution in [1.82, 2.24) is 19.7 Å². The van der Waals surface area contributed by atoms with E-state index < -0.39 is 0 Å². The molecule has 0 aliphatic carbocycles. The number of hydrogen-bond acceptors (Lipinski definition) is 6. The number of pyridine rings is 1. The quantitative estimate of drug-likeness (QED) is 0.552. The highest BCUT2D eigenvalue weighted by molar-refractivity contribution is 7.99. The molecule has 0 aliphatic heterocycles. The van der Waals surface area contributed by atoms with E-state index in [1.807, 2.05) is 30.3 Å². The summed E-state index contributed by atoms with van der Waals surface area (Å²) in [6, 6.07) is 11.1. The lowest BCUT2D eigenvalue weighted by Gasteiger charge is -2.10. The number of ether oxygens (including phenoxy) is 1. The number of rotatable bonds is 9. The molecule has 0 aliphatic rings. The average Bonchev–Trinajstić information content (AvgIpc) is 3.14. The first-order valence-electron chi connectivity index (χ1n) is 9.11. The van der Waals surface area contributed by atoms with Gasteiger partial charge in [-0.15, -0.1) is 10.2 Å². The van der Waals surface area contributed by atoms with Gasteiger partial charge >= 0.3 is 0 Å². The topological polar surface area (TPSA) is 81.9 Å². The van der Waals surface area contributed by atoms with Crippen LogP contribution < -0.4 is 10.1 Å². The molecule has 1 aromatic carbocycles. The van der Waals surface area contributed by atoms with Crippen molar-refractivity contribution in [2.24, 2.45) is 0 Å². The molecule has 7 nitrogen and oxygen atoms in total. The first-order valence-corrected chi connectivity index (χ1v) is 10.1. The van der Waals surface area contributed by atoms with Crippen LogP contribution in [0.25, 0.3) is 11.4 Å². The van der Waals surface area contributed by atoms with Gasteiger partial charge in [-0.25, -0.2) is 0 Å². The highest BCUT2D eigenvalue weighted by Gasteiger charge is 2.15. The third-order valence-corrected chi connectivity index (χ3v) is 5.02. The van der Waals surface area contributed by atoms with Crippen LogP contribution in [0.15, 0.2) is 53.9 Å². The number of hydrogen-bond donors (Lipinski definition) is 1. The molecule has 1 N–H and O–H groups in total. The fourth-order valence-corrected chi connectivity index (χ4v) is 3.41. The van der Waals surface area contributed by atoms with Crippen molar-refractivity contribution in [2.75, 3.05) is 18.2 Å². The summed E-state index contributed by atoms with van der Waals surface area (Å²) in [6.07, 6.45) is 5.57. The molecule has 0 radical (unpaired) electrons. The van der Waals surface area contributed by atoms with Gasteiger partial charge in [0.05, 0.1) is 12.9 Å². The van der Waals surface area contributed by atoms with Gasteiger partial charge in [0.15, 0.2) is 11.0 Å². The van der Waals surface area contributed by atoms with E-state index in [1.165, 1.54) is 11.8 Å². The summed E-state index contributed by atoms with van der Waals surface area (Å²) < 4.78 is 7.24. The summed E-state index contributed by atoms with van der Waals surface area (Å²) in [5, 5.41) is 12.2. The zero-order valence-electron chi connectivity index (χ0n) is 16.0. The Morgan fingerprint density at radius 3 is 2.89 bits per heavy atom. The summed E-state index contributed by atoms with van der Waals surface area (Å²) in [5.74, 6) is 1.61. The minimum Gasteiger partial charge on any atom is -0.497 e. The largest absolute Gasteiger partial charge is 0.497 e. The van der Waals surface area contributed by atoms with E-state index in [1.54, 1.807) is 25.6 Å². The van der Waals surface area contributed by atoms with Crippen molar-refractivity contribution in [3.8, 4) is 17.1 Å². The predicted molar refractivity (Wildman–Crippen MR) is 111 cm³/mol. The first-order chi connectivity index (χ1) is 13.7. The zero-order valence-corrected chi connectivity index (χ0v) is 16.8. The molecule has 1 amide bonds. The molecule has 2 heterocycles. The number of carbonyl (C=O) groups is 1. The smallest absolute Gasteiger partial charge is 0.234 e. The number of nitrogens with zero attached hydrogens (tertiary/aromatic N) is 4. The summed E-state index contributed by atoms with van der Waals surface area (Å²) in [7, 11) is 1.60. The van der Waals surface area contributed by atoms with Crippen LogP contribution in [0.2, 0.25) is 0 Å². The Morgan fingerprint density at radius 2 is 2.14 bits per heavy atom. The molecule has 0 spiro atoms. The number of nitrogens with one attached hydrogen (secondary N) is 1. The lowest BCUT2D eigenvalue weighted by Crippen LogP contribution is -2.14. The molecule has 0 saturated carbocycles. The lowest BCUT2D eigenvalue weighted by atomic mass is 10.2. The molecule has 0 atom stereocenters. The Morgan fingerprint density at radius 1 is 1.25 bits per heavy atom. The van der Waals surface area contributed by atoms with Crippen LogP contribution in [-0.2, 0) is 11.3 Å². The van der Waals surface area contributed by atoms with Crippen molar-refractivity contribution in [2.45, 2.75) is 31.5 Å². The standard InChI is InChI=1S/C20H23N5O2S/c1-3-4-11-25-19(15-7-6-10-21-13-15)23-24-20(25)28-14-18(26)22-16-8-5-9-17(12-16)27-2/h5-10,12-13H,3-4,11,14H2,1-2H3,(H,22,26). The monoisotopic (exact) mass is 397 g/mol. The number of benzene rings is 1. The van der Waals surface area contributed by atoms with Crippen LogP contribution in [0.4, 0.5) is 5.69 Å². The van der Waals surface area contributed by atoms with Crippen LogP contribution in [0, 0.1) is 0 Å². The predicted octanol–water partition coefficient (Wildman–Crippen LogP) is 3.88. The highest BCUT2D eigenvalue weighted by atomic mass is 32.2. The normalized spacial score (nSPS) is 10.6. The molecule has 3 rings (SSSR count). The number of anilines is 1. The Balaban J connectivity index is 1.69. The van der Waals surface area contributed by atoms with Gasteiger partial charge in [-0.3, -0.25) is 9.78 Å². The van der Waals surface area contributed by atoms with E-state index in [4.69, 9.17) is 4.74 Å². The van der Waals surface area contributed by atoms with Crippen LogP contribution in [0.1, 0.15) is 19.8 Å². The van der Waals surface area contributed by atoms with E-state index in [2.05, 4.69) is 32.0 Å². The van der Waals surface area contributed by atoms with Crippen molar-refractivity contribution >= 4 is 23.4 Å². The maximum Gasteiger partial charge on any atom is 0.234 e. The molecular formula is C20H23N5O2S. The molecule has 0 unspecified atom stereocenters. The van der Waals surface area contributed by atoms with Gasteiger partial charge < -0.3 is 14.6 Å². The van der Waals surface area contributed by atoms with E-state index in [0.717, 1.165) is 35.9 Å². The van der Waals surface area contributed by atoms with Gasteiger partial charge in [0.2, 0.25) is 5.91 Å². The van der Waals surface area contributed by atoms with E-state index >= 15 is 0 Å². The first kappa shape index (κ1) is 19.9. The van der Waals surface area contributed by atoms with Gasteiger partial charge in [0.25, 0.3) is 0 Å². The minimum absolute atomic E-state index is 0.105. The molecule has 2 aromatic heterocycles. The molecule has 0 fully saturated rings. The van der Waals surface area contributed by atoms with Crippen molar-refractivity contribution in [1.29, 1.82) is 0 Å². The average molecular weight is 398 g/mol. The van der Waals surface area contributed by atoms with Crippen molar-refractivity contribution in [3.05, 3.63) is 48.8 Å². The van der Waals surface area contributed by atoms with Crippen LogP contribution in [0.3, 0.4) is 0 Å². The SMILES string of the molecule is CCCCn1c(SCC(=O)Nc2cccc(OC)c2)nnc1-c1cccnc1. The Bertz CT molecular complexity index is 914. The molecule has 8 heteroatoms. The Hall–Kier alpha value is -2.87. The molecule has 0 bridgehead atoms. The van der Waals surface area contributed by atoms with Gasteiger partial charge in [-0.2, -0.15) is 0 Å². The van der Waals surface area contributed by atoms with Crippen molar-refractivity contribution < 1.29 is 9.53 Å². The highest BCUT2D eigenvalue weighted by Crippen LogP contribution is 2.24. The van der Waals surface area contributed by atoms with Crippen molar-refractivity contribution in [3.63, 3.8) is 0 Å². The second-order valence-corrected chi connectivity index (χ2v) is 7.06. The molecule has 3 aromatic rings. The summed E-state index contributed by atoms with van der Waals surface area (Å²) in [5.41, 5.74) is 1.62. The lowest BCUT2D eigenvalue weighted by molar-refractivity contribution is -0.113. The fourth-order valence-electron chi connectivity index (χ4n) is 2.65. The van der Waals surface area contributed by atoms with Crippen LogP contribution in [-0.4, -0.2) is 38.5 Å². The number of amides is 1. The van der Waals surface area contributed by atoms with E-state index in [-0.39, 0.29) is 11.7 Å². The van der Waals surface area contributed by atoms with Gasteiger partial charge in [0.1, 0.15) is 5.75 Å². The number of thioether (sulfide) groups is 1. The van der Waals surface area contributed by atoms with E-state index in [9.17, 15) is 4.79 Å². The zero-order chi connectivity index (χ0) is 19.8. The fraction of sp³-hybridized carbons (Fsp3) is 0.300. The summed E-state index contributed by atoms with van der Waals surface area (Å²) >= 11 is 1.38. The number of methoxy groups -OCH3 is 1. The molecule has 146 valence electrons. The second-order valence-electron chi connectivity index (χ2n) is 6.12. The second kappa shape index (κ2) is 9.89. The van der Waals surface area contributed by atoms with Gasteiger partial charge in [-0.1, -0.05) is 31.2 Å². The third-order valence-electron chi connectivity index (χ3n) is 4.06. The van der Waals surface area contributed by atoms with Gasteiger partial charge in [0, 0.05) is 36.3 Å². The molecular weight excluding hydrogens is 374 g/mol. The Kier molecular flexibility index (Phi) is 7.02. The molecule has 0 saturated heterocycles. The van der Waals surface area contributed by atoms with Crippen LogP contribution in [0.5, 0.6) is 5.75 Å². The minimum atomic E-state index is -0.105. The molecule has 28 heavy (non-hydrogen) atoms.